The van der Waals surface area contributed by atoms with Crippen molar-refractivity contribution in [3.8, 4) is 22.3 Å². The van der Waals surface area contributed by atoms with Gasteiger partial charge in [-0.1, -0.05) is 109 Å². The maximum Gasteiger partial charge on any atom is 0.208 e. The molecule has 0 amide bonds. The Kier molecular flexibility index (Phi) is 6.12. The lowest BCUT2D eigenvalue weighted by Crippen LogP contribution is -2.11. The standard InChI is InChI=1S/C36H30O2S/c1-23-19-21-33(31-17-9-13-27-11-5-7-15-29(27)31)35(25(23)3)39(37,38)36-26(4)24(2)20-22-34(36)32-18-10-14-28-12-6-8-16-30(28)32/h5-22H,1-4H3. The van der Waals surface area contributed by atoms with Crippen molar-refractivity contribution in [2.75, 3.05) is 0 Å². The molecule has 0 fully saturated rings. The van der Waals surface area contributed by atoms with Crippen LogP contribution in [0.3, 0.4) is 0 Å². The van der Waals surface area contributed by atoms with E-state index in [4.69, 9.17) is 0 Å². The molecule has 0 aliphatic rings. The minimum atomic E-state index is -3.94. The van der Waals surface area contributed by atoms with Gasteiger partial charge in [0.25, 0.3) is 0 Å². The third kappa shape index (κ3) is 4.05. The highest BCUT2D eigenvalue weighted by atomic mass is 32.2. The van der Waals surface area contributed by atoms with Crippen LogP contribution in [0.25, 0.3) is 43.8 Å². The Hall–Kier alpha value is -4.21. The second-order valence-corrected chi connectivity index (χ2v) is 12.1. The third-order valence-corrected chi connectivity index (χ3v) is 10.2. The molecule has 0 radical (unpaired) electrons. The van der Waals surface area contributed by atoms with E-state index in [1.165, 1.54) is 0 Å². The van der Waals surface area contributed by atoms with Gasteiger partial charge in [0.2, 0.25) is 9.84 Å². The molecule has 0 aliphatic carbocycles. The average molecular weight is 527 g/mol. The Labute approximate surface area is 230 Å². The van der Waals surface area contributed by atoms with E-state index < -0.39 is 9.84 Å². The molecule has 0 aliphatic heterocycles. The minimum absolute atomic E-state index is 0.383. The molecule has 0 saturated carbocycles. The highest BCUT2D eigenvalue weighted by molar-refractivity contribution is 7.92. The number of rotatable bonds is 4. The lowest BCUT2D eigenvalue weighted by molar-refractivity contribution is 0.595. The molecule has 6 aromatic carbocycles. The fourth-order valence-electron chi connectivity index (χ4n) is 5.72. The van der Waals surface area contributed by atoms with Gasteiger partial charge < -0.3 is 0 Å². The van der Waals surface area contributed by atoms with Crippen LogP contribution in [-0.4, -0.2) is 8.42 Å². The molecule has 192 valence electrons. The summed E-state index contributed by atoms with van der Waals surface area (Å²) >= 11 is 0. The number of hydrogen-bond acceptors (Lipinski definition) is 2. The molecule has 0 atom stereocenters. The highest BCUT2D eigenvalue weighted by Gasteiger charge is 2.31. The minimum Gasteiger partial charge on any atom is -0.218 e. The first-order chi connectivity index (χ1) is 18.8. The van der Waals surface area contributed by atoms with Crippen molar-refractivity contribution in [3.63, 3.8) is 0 Å². The quantitative estimate of drug-likeness (QED) is 0.229. The molecule has 6 rings (SSSR count). The van der Waals surface area contributed by atoms with Crippen molar-refractivity contribution >= 4 is 31.4 Å². The summed E-state index contributed by atoms with van der Waals surface area (Å²) in [4.78, 5) is 0.767. The molecule has 3 heteroatoms. The fourth-order valence-corrected chi connectivity index (χ4v) is 7.99. The lowest BCUT2D eigenvalue weighted by Gasteiger charge is -2.21. The zero-order valence-electron chi connectivity index (χ0n) is 22.6. The summed E-state index contributed by atoms with van der Waals surface area (Å²) in [5.41, 5.74) is 6.79. The smallest absolute Gasteiger partial charge is 0.208 e. The second kappa shape index (κ2) is 9.52. The molecule has 0 unspecified atom stereocenters. The van der Waals surface area contributed by atoms with Crippen molar-refractivity contribution in [2.45, 2.75) is 37.5 Å². The van der Waals surface area contributed by atoms with Crippen LogP contribution in [0.5, 0.6) is 0 Å². The van der Waals surface area contributed by atoms with Crippen LogP contribution < -0.4 is 0 Å². The first-order valence-electron chi connectivity index (χ1n) is 13.2. The van der Waals surface area contributed by atoms with Crippen LogP contribution >= 0.6 is 0 Å². The highest BCUT2D eigenvalue weighted by Crippen LogP contribution is 2.43. The maximum absolute atomic E-state index is 15.0. The molecule has 6 aromatic rings. The molecule has 2 nitrogen and oxygen atoms in total. The number of benzene rings is 6. The fraction of sp³-hybridized carbons (Fsp3) is 0.111. The van der Waals surface area contributed by atoms with Gasteiger partial charge in [-0.25, -0.2) is 8.42 Å². The van der Waals surface area contributed by atoms with E-state index in [9.17, 15) is 0 Å². The third-order valence-electron chi connectivity index (χ3n) is 8.05. The van der Waals surface area contributed by atoms with Crippen molar-refractivity contribution in [1.29, 1.82) is 0 Å². The lowest BCUT2D eigenvalue weighted by atomic mass is 9.95. The molecule has 0 bridgehead atoms. The first kappa shape index (κ1) is 25.1. The van der Waals surface area contributed by atoms with E-state index >= 15 is 8.42 Å². The summed E-state index contributed by atoms with van der Waals surface area (Å²) in [6.45, 7) is 7.82. The number of fused-ring (bicyclic) bond motifs is 2. The van der Waals surface area contributed by atoms with Gasteiger partial charge in [-0.2, -0.15) is 0 Å². The van der Waals surface area contributed by atoms with E-state index in [0.717, 1.165) is 66.1 Å². The molecular weight excluding hydrogens is 496 g/mol. The molecule has 0 N–H and O–H groups in total. The normalized spacial score (nSPS) is 11.8. The number of aryl methyl sites for hydroxylation is 2. The van der Waals surface area contributed by atoms with E-state index in [2.05, 4.69) is 36.4 Å². The van der Waals surface area contributed by atoms with Crippen molar-refractivity contribution in [2.24, 2.45) is 0 Å². The largest absolute Gasteiger partial charge is 0.218 e. The monoisotopic (exact) mass is 526 g/mol. The van der Waals surface area contributed by atoms with Gasteiger partial charge >= 0.3 is 0 Å². The van der Waals surface area contributed by atoms with E-state index in [1.807, 2.05) is 100 Å². The van der Waals surface area contributed by atoms with Crippen LogP contribution in [0.2, 0.25) is 0 Å². The molecule has 0 spiro atoms. The van der Waals surface area contributed by atoms with Gasteiger partial charge in [0, 0.05) is 11.1 Å². The van der Waals surface area contributed by atoms with Crippen LogP contribution in [0, 0.1) is 27.7 Å². The topological polar surface area (TPSA) is 34.1 Å². The summed E-state index contributed by atoms with van der Waals surface area (Å²) in [6.07, 6.45) is 0. The van der Waals surface area contributed by atoms with Crippen LogP contribution in [0.1, 0.15) is 22.3 Å². The molecular formula is C36H30O2S. The molecule has 0 aromatic heterocycles. The van der Waals surface area contributed by atoms with Gasteiger partial charge in [-0.15, -0.1) is 0 Å². The van der Waals surface area contributed by atoms with Gasteiger partial charge in [0.05, 0.1) is 9.79 Å². The van der Waals surface area contributed by atoms with Crippen LogP contribution in [0.4, 0.5) is 0 Å². The Morgan fingerprint density at radius 1 is 0.410 bits per heavy atom. The number of sulfone groups is 1. The first-order valence-corrected chi connectivity index (χ1v) is 14.7. The van der Waals surface area contributed by atoms with Gasteiger partial charge in [0.1, 0.15) is 0 Å². The Balaban J connectivity index is 1.71. The SMILES string of the molecule is Cc1ccc(-c2cccc3ccccc23)c(S(=O)(=O)c2c(-c3cccc4ccccc34)ccc(C)c2C)c1C. The van der Waals surface area contributed by atoms with Crippen LogP contribution in [0.15, 0.2) is 119 Å². The van der Waals surface area contributed by atoms with E-state index in [-0.39, 0.29) is 0 Å². The van der Waals surface area contributed by atoms with Gasteiger partial charge in [-0.05, 0) is 82.6 Å². The summed E-state index contributed by atoms with van der Waals surface area (Å²) in [6, 6.07) is 36.5. The average Bonchev–Trinajstić information content (AvgIpc) is 2.95. The zero-order valence-corrected chi connectivity index (χ0v) is 23.4. The Morgan fingerprint density at radius 3 is 1.23 bits per heavy atom. The van der Waals surface area contributed by atoms with Crippen molar-refractivity contribution in [3.05, 3.63) is 131 Å². The van der Waals surface area contributed by atoms with E-state index in [1.54, 1.807) is 0 Å². The Bertz CT molecular complexity index is 1870. The summed E-state index contributed by atoms with van der Waals surface area (Å²) < 4.78 is 30.1. The molecule has 39 heavy (non-hydrogen) atoms. The van der Waals surface area contributed by atoms with Crippen molar-refractivity contribution < 1.29 is 8.42 Å². The maximum atomic E-state index is 15.0. The summed E-state index contributed by atoms with van der Waals surface area (Å²) in [5.74, 6) is 0. The zero-order chi connectivity index (χ0) is 27.3. The predicted octanol–water partition coefficient (Wildman–Crippen LogP) is 9.39. The van der Waals surface area contributed by atoms with Crippen LogP contribution in [-0.2, 0) is 9.84 Å². The van der Waals surface area contributed by atoms with Gasteiger partial charge in [0.15, 0.2) is 0 Å². The van der Waals surface area contributed by atoms with E-state index in [0.29, 0.717) is 9.79 Å². The molecule has 0 saturated heterocycles. The van der Waals surface area contributed by atoms with Gasteiger partial charge in [-0.3, -0.25) is 0 Å². The predicted molar refractivity (Wildman–Crippen MR) is 163 cm³/mol. The molecule has 0 heterocycles. The summed E-state index contributed by atoms with van der Waals surface area (Å²) in [5, 5.41) is 4.24. The number of hydrogen-bond donors (Lipinski definition) is 0. The summed E-state index contributed by atoms with van der Waals surface area (Å²) in [7, 11) is -3.94. The second-order valence-electron chi connectivity index (χ2n) is 10.3. The van der Waals surface area contributed by atoms with Crippen molar-refractivity contribution in [1.82, 2.24) is 0 Å². The Morgan fingerprint density at radius 2 is 0.795 bits per heavy atom.